The Morgan fingerprint density at radius 2 is 1.43 bits per heavy atom. The summed E-state index contributed by atoms with van der Waals surface area (Å²) in [6.45, 7) is 2.14. The Bertz CT molecular complexity index is 873. The van der Waals surface area contributed by atoms with Gasteiger partial charge in [0, 0.05) is 5.69 Å². The van der Waals surface area contributed by atoms with E-state index in [-0.39, 0.29) is 12.0 Å². The Balaban J connectivity index is 1.71. The van der Waals surface area contributed by atoms with Crippen LogP contribution in [0.25, 0.3) is 0 Å². The molecule has 4 nitrogen and oxygen atoms in total. The second kappa shape index (κ2) is 9.67. The van der Waals surface area contributed by atoms with Crippen molar-refractivity contribution >= 4 is 29.0 Å². The SMILES string of the molecule is CCOC(=O)c1ccc(NC(=S)NC(c2ccccc2)c2ccccc2)cc1. The molecule has 0 amide bonds. The zero-order valence-corrected chi connectivity index (χ0v) is 16.4. The molecule has 0 aromatic heterocycles. The normalized spacial score (nSPS) is 10.4. The van der Waals surface area contributed by atoms with E-state index >= 15 is 0 Å². The number of hydrogen-bond donors (Lipinski definition) is 2. The molecule has 0 radical (unpaired) electrons. The molecule has 0 fully saturated rings. The van der Waals surface area contributed by atoms with Crippen molar-refractivity contribution in [3.63, 3.8) is 0 Å². The standard InChI is InChI=1S/C23H22N2O2S/c1-2-27-22(26)19-13-15-20(16-14-19)24-23(28)25-21(17-9-5-3-6-10-17)18-11-7-4-8-12-18/h3-16,21H,2H2,1H3,(H2,24,25,28). The van der Waals surface area contributed by atoms with Gasteiger partial charge in [0.1, 0.15) is 0 Å². The number of thiocarbonyl (C=S) groups is 1. The van der Waals surface area contributed by atoms with Crippen LogP contribution in [0.3, 0.4) is 0 Å². The third-order valence-corrected chi connectivity index (χ3v) is 4.42. The smallest absolute Gasteiger partial charge is 0.338 e. The van der Waals surface area contributed by atoms with Gasteiger partial charge in [-0.2, -0.15) is 0 Å². The van der Waals surface area contributed by atoms with E-state index in [2.05, 4.69) is 34.9 Å². The van der Waals surface area contributed by atoms with Crippen LogP contribution in [0.4, 0.5) is 5.69 Å². The van der Waals surface area contributed by atoms with E-state index in [1.54, 1.807) is 31.2 Å². The van der Waals surface area contributed by atoms with E-state index < -0.39 is 0 Å². The summed E-state index contributed by atoms with van der Waals surface area (Å²) in [7, 11) is 0. The molecular weight excluding hydrogens is 368 g/mol. The van der Waals surface area contributed by atoms with Crippen LogP contribution in [-0.2, 0) is 4.74 Å². The van der Waals surface area contributed by atoms with Crippen molar-refractivity contribution in [1.29, 1.82) is 0 Å². The van der Waals surface area contributed by atoms with Gasteiger partial charge in [-0.15, -0.1) is 0 Å². The minimum atomic E-state index is -0.331. The minimum Gasteiger partial charge on any atom is -0.462 e. The molecule has 3 aromatic rings. The number of benzene rings is 3. The summed E-state index contributed by atoms with van der Waals surface area (Å²) in [6.07, 6.45) is 0. The lowest BCUT2D eigenvalue weighted by Gasteiger charge is -2.22. The fourth-order valence-electron chi connectivity index (χ4n) is 2.85. The fourth-order valence-corrected chi connectivity index (χ4v) is 3.09. The third-order valence-electron chi connectivity index (χ3n) is 4.20. The van der Waals surface area contributed by atoms with Crippen LogP contribution in [0.2, 0.25) is 0 Å². The van der Waals surface area contributed by atoms with Crippen molar-refractivity contribution in [1.82, 2.24) is 5.32 Å². The van der Waals surface area contributed by atoms with Crippen LogP contribution in [0.5, 0.6) is 0 Å². The van der Waals surface area contributed by atoms with Crippen molar-refractivity contribution in [2.75, 3.05) is 11.9 Å². The highest BCUT2D eigenvalue weighted by Gasteiger charge is 2.15. The molecular formula is C23H22N2O2S. The lowest BCUT2D eigenvalue weighted by Crippen LogP contribution is -2.33. The number of hydrogen-bond acceptors (Lipinski definition) is 3. The van der Waals surface area contributed by atoms with E-state index in [4.69, 9.17) is 17.0 Å². The van der Waals surface area contributed by atoms with Crippen molar-refractivity contribution in [3.8, 4) is 0 Å². The number of carbonyl (C=O) groups excluding carboxylic acids is 1. The van der Waals surface area contributed by atoms with E-state index in [1.807, 2.05) is 36.4 Å². The maximum atomic E-state index is 11.8. The van der Waals surface area contributed by atoms with Crippen LogP contribution in [0.15, 0.2) is 84.9 Å². The Labute approximate surface area is 170 Å². The first kappa shape index (κ1) is 19.6. The van der Waals surface area contributed by atoms with Crippen LogP contribution in [-0.4, -0.2) is 17.7 Å². The Morgan fingerprint density at radius 3 is 1.93 bits per heavy atom. The summed E-state index contributed by atoms with van der Waals surface area (Å²) in [4.78, 5) is 11.8. The van der Waals surface area contributed by atoms with Crippen LogP contribution in [0.1, 0.15) is 34.5 Å². The molecule has 0 spiro atoms. The van der Waals surface area contributed by atoms with Crippen molar-refractivity contribution in [2.45, 2.75) is 13.0 Å². The predicted octanol–water partition coefficient (Wildman–Crippen LogP) is 4.94. The lowest BCUT2D eigenvalue weighted by molar-refractivity contribution is 0.0526. The van der Waals surface area contributed by atoms with Gasteiger partial charge in [0.25, 0.3) is 0 Å². The molecule has 0 heterocycles. The topological polar surface area (TPSA) is 50.4 Å². The second-order valence-corrected chi connectivity index (χ2v) is 6.56. The van der Waals surface area contributed by atoms with Gasteiger partial charge in [-0.25, -0.2) is 4.79 Å². The summed E-state index contributed by atoms with van der Waals surface area (Å²) in [5, 5.41) is 7.06. The first-order valence-electron chi connectivity index (χ1n) is 9.12. The van der Waals surface area contributed by atoms with Gasteiger partial charge in [0.2, 0.25) is 0 Å². The summed E-state index contributed by atoms with van der Waals surface area (Å²) in [6, 6.07) is 27.3. The predicted molar refractivity (Wildman–Crippen MR) is 116 cm³/mol. The van der Waals surface area contributed by atoms with Gasteiger partial charge in [-0.3, -0.25) is 0 Å². The van der Waals surface area contributed by atoms with Gasteiger partial charge in [0.05, 0.1) is 18.2 Å². The molecule has 0 aliphatic carbocycles. The average Bonchev–Trinajstić information content (AvgIpc) is 2.74. The molecule has 2 N–H and O–H groups in total. The maximum absolute atomic E-state index is 11.8. The monoisotopic (exact) mass is 390 g/mol. The molecule has 5 heteroatoms. The van der Waals surface area contributed by atoms with E-state index in [9.17, 15) is 4.79 Å². The largest absolute Gasteiger partial charge is 0.462 e. The van der Waals surface area contributed by atoms with Gasteiger partial charge in [0.15, 0.2) is 5.11 Å². The molecule has 0 aliphatic heterocycles. The van der Waals surface area contributed by atoms with Crippen molar-refractivity contribution in [3.05, 3.63) is 102 Å². The van der Waals surface area contributed by atoms with Gasteiger partial charge < -0.3 is 15.4 Å². The number of anilines is 1. The zero-order chi connectivity index (χ0) is 19.8. The van der Waals surface area contributed by atoms with Crippen molar-refractivity contribution in [2.24, 2.45) is 0 Å². The molecule has 0 atom stereocenters. The third kappa shape index (κ3) is 5.18. The highest BCUT2D eigenvalue weighted by atomic mass is 32.1. The molecule has 0 unspecified atom stereocenters. The summed E-state index contributed by atoms with van der Waals surface area (Å²) < 4.78 is 5.00. The Kier molecular flexibility index (Phi) is 6.76. The lowest BCUT2D eigenvalue weighted by atomic mass is 9.99. The van der Waals surface area contributed by atoms with E-state index in [0.29, 0.717) is 17.3 Å². The second-order valence-electron chi connectivity index (χ2n) is 6.15. The fraction of sp³-hybridized carbons (Fsp3) is 0.130. The van der Waals surface area contributed by atoms with E-state index in [0.717, 1.165) is 16.8 Å². The first-order chi connectivity index (χ1) is 13.7. The van der Waals surface area contributed by atoms with Gasteiger partial charge in [-0.1, -0.05) is 60.7 Å². The highest BCUT2D eigenvalue weighted by molar-refractivity contribution is 7.80. The number of nitrogens with one attached hydrogen (secondary N) is 2. The number of ether oxygens (including phenoxy) is 1. The molecule has 0 bridgehead atoms. The van der Waals surface area contributed by atoms with Crippen LogP contribution >= 0.6 is 12.2 Å². The molecule has 0 saturated carbocycles. The van der Waals surface area contributed by atoms with Crippen LogP contribution < -0.4 is 10.6 Å². The number of carbonyl (C=O) groups is 1. The molecule has 142 valence electrons. The van der Waals surface area contributed by atoms with Gasteiger partial charge >= 0.3 is 5.97 Å². The molecule has 0 aliphatic rings. The molecule has 0 saturated heterocycles. The average molecular weight is 391 g/mol. The molecule has 28 heavy (non-hydrogen) atoms. The number of rotatable bonds is 6. The van der Waals surface area contributed by atoms with Crippen molar-refractivity contribution < 1.29 is 9.53 Å². The number of esters is 1. The van der Waals surface area contributed by atoms with Crippen LogP contribution in [0, 0.1) is 0 Å². The first-order valence-corrected chi connectivity index (χ1v) is 9.53. The quantitative estimate of drug-likeness (QED) is 0.461. The maximum Gasteiger partial charge on any atom is 0.338 e. The highest BCUT2D eigenvalue weighted by Crippen LogP contribution is 2.22. The van der Waals surface area contributed by atoms with Gasteiger partial charge in [-0.05, 0) is 54.5 Å². The zero-order valence-electron chi connectivity index (χ0n) is 15.6. The van der Waals surface area contributed by atoms with E-state index in [1.165, 1.54) is 0 Å². The Morgan fingerprint density at radius 1 is 0.893 bits per heavy atom. The summed E-state index contributed by atoms with van der Waals surface area (Å²) in [5.41, 5.74) is 3.55. The molecule has 3 rings (SSSR count). The molecule has 3 aromatic carbocycles. The minimum absolute atomic E-state index is 0.0683. The summed E-state index contributed by atoms with van der Waals surface area (Å²) in [5.74, 6) is -0.331. The summed E-state index contributed by atoms with van der Waals surface area (Å²) >= 11 is 5.52. The Hall–Kier alpha value is -3.18.